The SMILES string of the molecule is Cc1cccc(N2CCC(N[C@H](C)c3ncnn3C)CC2)c1. The molecule has 118 valence electrons. The zero-order chi connectivity index (χ0) is 15.5. The average molecular weight is 299 g/mol. The first-order chi connectivity index (χ1) is 10.6. The number of hydrogen-bond acceptors (Lipinski definition) is 4. The third-order valence-corrected chi connectivity index (χ3v) is 4.48. The lowest BCUT2D eigenvalue weighted by molar-refractivity contribution is 0.368. The van der Waals surface area contributed by atoms with Crippen LogP contribution in [0.4, 0.5) is 5.69 Å². The molecule has 0 radical (unpaired) electrons. The minimum absolute atomic E-state index is 0.239. The topological polar surface area (TPSA) is 46.0 Å². The smallest absolute Gasteiger partial charge is 0.143 e. The van der Waals surface area contributed by atoms with Crippen molar-refractivity contribution in [2.45, 2.75) is 38.8 Å². The van der Waals surface area contributed by atoms with E-state index >= 15 is 0 Å². The second-order valence-corrected chi connectivity index (χ2v) is 6.23. The summed E-state index contributed by atoms with van der Waals surface area (Å²) in [5.41, 5.74) is 2.67. The van der Waals surface area contributed by atoms with Gasteiger partial charge in [0, 0.05) is 31.9 Å². The Hall–Kier alpha value is -1.88. The highest BCUT2D eigenvalue weighted by Crippen LogP contribution is 2.22. The molecule has 1 saturated heterocycles. The molecular weight excluding hydrogens is 274 g/mol. The van der Waals surface area contributed by atoms with Gasteiger partial charge in [-0.3, -0.25) is 4.68 Å². The van der Waals surface area contributed by atoms with Crippen LogP contribution < -0.4 is 10.2 Å². The lowest BCUT2D eigenvalue weighted by Crippen LogP contribution is -2.43. The Morgan fingerprint density at radius 2 is 2.05 bits per heavy atom. The van der Waals surface area contributed by atoms with Crippen LogP contribution in [0.3, 0.4) is 0 Å². The molecule has 1 aliphatic rings. The number of aromatic nitrogens is 3. The molecule has 1 atom stereocenters. The molecule has 22 heavy (non-hydrogen) atoms. The van der Waals surface area contributed by atoms with Gasteiger partial charge in [-0.15, -0.1) is 0 Å². The molecule has 0 saturated carbocycles. The van der Waals surface area contributed by atoms with Crippen molar-refractivity contribution in [1.82, 2.24) is 20.1 Å². The van der Waals surface area contributed by atoms with E-state index in [9.17, 15) is 0 Å². The summed E-state index contributed by atoms with van der Waals surface area (Å²) in [6.07, 6.45) is 3.94. The van der Waals surface area contributed by atoms with Gasteiger partial charge in [0.25, 0.3) is 0 Å². The van der Waals surface area contributed by atoms with Crippen LogP contribution in [0.2, 0.25) is 0 Å². The van der Waals surface area contributed by atoms with Crippen LogP contribution >= 0.6 is 0 Å². The first-order valence-electron chi connectivity index (χ1n) is 8.05. The van der Waals surface area contributed by atoms with E-state index in [2.05, 4.69) is 58.4 Å². The fourth-order valence-electron chi connectivity index (χ4n) is 3.25. The van der Waals surface area contributed by atoms with E-state index < -0.39 is 0 Å². The maximum Gasteiger partial charge on any atom is 0.143 e. The Morgan fingerprint density at radius 1 is 1.27 bits per heavy atom. The van der Waals surface area contributed by atoms with E-state index in [4.69, 9.17) is 0 Å². The van der Waals surface area contributed by atoms with Crippen molar-refractivity contribution in [3.63, 3.8) is 0 Å². The summed E-state index contributed by atoms with van der Waals surface area (Å²) in [5, 5.41) is 7.84. The summed E-state index contributed by atoms with van der Waals surface area (Å²) in [4.78, 5) is 6.82. The van der Waals surface area contributed by atoms with E-state index in [-0.39, 0.29) is 6.04 Å². The van der Waals surface area contributed by atoms with Gasteiger partial charge >= 0.3 is 0 Å². The fourth-order valence-corrected chi connectivity index (χ4v) is 3.25. The molecule has 1 fully saturated rings. The van der Waals surface area contributed by atoms with E-state index in [0.29, 0.717) is 6.04 Å². The predicted molar refractivity (Wildman–Crippen MR) is 89.0 cm³/mol. The van der Waals surface area contributed by atoms with Crippen molar-refractivity contribution in [2.75, 3.05) is 18.0 Å². The molecule has 0 unspecified atom stereocenters. The Morgan fingerprint density at radius 3 is 2.68 bits per heavy atom. The maximum atomic E-state index is 4.33. The van der Waals surface area contributed by atoms with Crippen molar-refractivity contribution < 1.29 is 0 Å². The molecule has 1 N–H and O–H groups in total. The van der Waals surface area contributed by atoms with E-state index in [1.54, 1.807) is 6.33 Å². The first kappa shape index (κ1) is 15.0. The Kier molecular flexibility index (Phi) is 4.43. The summed E-state index contributed by atoms with van der Waals surface area (Å²) in [6, 6.07) is 9.57. The number of anilines is 1. The normalized spacial score (nSPS) is 17.7. The quantitative estimate of drug-likeness (QED) is 0.942. The lowest BCUT2D eigenvalue weighted by Gasteiger charge is -2.35. The molecule has 0 amide bonds. The van der Waals surface area contributed by atoms with Crippen LogP contribution in [-0.2, 0) is 7.05 Å². The van der Waals surface area contributed by atoms with Crippen LogP contribution in [-0.4, -0.2) is 33.9 Å². The van der Waals surface area contributed by atoms with Gasteiger partial charge in [0.05, 0.1) is 6.04 Å². The van der Waals surface area contributed by atoms with Crippen LogP contribution in [0.5, 0.6) is 0 Å². The highest BCUT2D eigenvalue weighted by atomic mass is 15.3. The highest BCUT2D eigenvalue weighted by Gasteiger charge is 2.22. The molecule has 1 aliphatic heterocycles. The van der Waals surface area contributed by atoms with Crippen molar-refractivity contribution in [2.24, 2.45) is 7.05 Å². The van der Waals surface area contributed by atoms with Gasteiger partial charge in [0.2, 0.25) is 0 Å². The third-order valence-electron chi connectivity index (χ3n) is 4.48. The minimum atomic E-state index is 0.239. The van der Waals surface area contributed by atoms with Crippen molar-refractivity contribution in [3.8, 4) is 0 Å². The number of piperidine rings is 1. The number of rotatable bonds is 4. The van der Waals surface area contributed by atoms with Gasteiger partial charge in [-0.2, -0.15) is 5.10 Å². The van der Waals surface area contributed by atoms with Crippen molar-refractivity contribution >= 4 is 5.69 Å². The highest BCUT2D eigenvalue weighted by molar-refractivity contribution is 5.48. The van der Waals surface area contributed by atoms with Crippen molar-refractivity contribution in [3.05, 3.63) is 42.0 Å². The number of nitrogens with zero attached hydrogens (tertiary/aromatic N) is 4. The molecule has 2 aromatic rings. The number of aryl methyl sites for hydroxylation is 2. The van der Waals surface area contributed by atoms with Gasteiger partial charge in [0.15, 0.2) is 0 Å². The number of hydrogen-bond donors (Lipinski definition) is 1. The molecule has 3 rings (SSSR count). The second kappa shape index (κ2) is 6.48. The zero-order valence-electron chi connectivity index (χ0n) is 13.7. The van der Waals surface area contributed by atoms with Crippen LogP contribution in [0.1, 0.15) is 37.2 Å². The molecule has 2 heterocycles. The molecular formula is C17H25N5. The predicted octanol–water partition coefficient (Wildman–Crippen LogP) is 2.44. The summed E-state index contributed by atoms with van der Waals surface area (Å²) >= 11 is 0. The second-order valence-electron chi connectivity index (χ2n) is 6.23. The molecule has 5 heteroatoms. The monoisotopic (exact) mass is 299 g/mol. The zero-order valence-corrected chi connectivity index (χ0v) is 13.7. The van der Waals surface area contributed by atoms with E-state index in [0.717, 1.165) is 31.8 Å². The van der Waals surface area contributed by atoms with Gasteiger partial charge in [0.1, 0.15) is 12.2 Å². The van der Waals surface area contributed by atoms with Crippen LogP contribution in [0.15, 0.2) is 30.6 Å². The lowest BCUT2D eigenvalue weighted by atomic mass is 10.0. The number of benzene rings is 1. The van der Waals surface area contributed by atoms with Crippen LogP contribution in [0, 0.1) is 6.92 Å². The molecule has 5 nitrogen and oxygen atoms in total. The minimum Gasteiger partial charge on any atom is -0.371 e. The third kappa shape index (κ3) is 3.30. The molecule has 0 bridgehead atoms. The summed E-state index contributed by atoms with van der Waals surface area (Å²) in [5.74, 6) is 1.00. The molecule has 0 aliphatic carbocycles. The van der Waals surface area contributed by atoms with Gasteiger partial charge in [-0.25, -0.2) is 4.98 Å². The van der Waals surface area contributed by atoms with E-state index in [1.165, 1.54) is 11.3 Å². The van der Waals surface area contributed by atoms with Gasteiger partial charge in [-0.05, 0) is 44.4 Å². The Bertz CT molecular complexity index is 613. The fraction of sp³-hybridized carbons (Fsp3) is 0.529. The molecule has 0 spiro atoms. The van der Waals surface area contributed by atoms with Crippen molar-refractivity contribution in [1.29, 1.82) is 0 Å². The number of nitrogens with one attached hydrogen (secondary N) is 1. The summed E-state index contributed by atoms with van der Waals surface area (Å²) < 4.78 is 1.85. The van der Waals surface area contributed by atoms with Crippen LogP contribution in [0.25, 0.3) is 0 Å². The Balaban J connectivity index is 1.55. The summed E-state index contributed by atoms with van der Waals surface area (Å²) in [7, 11) is 1.95. The maximum absolute atomic E-state index is 4.33. The summed E-state index contributed by atoms with van der Waals surface area (Å²) in [6.45, 7) is 6.52. The average Bonchev–Trinajstić information content (AvgIpc) is 2.94. The largest absolute Gasteiger partial charge is 0.371 e. The molecule has 1 aromatic carbocycles. The standard InChI is InChI=1S/C17H25N5/c1-13-5-4-6-16(11-13)22-9-7-15(8-10-22)20-14(2)17-18-12-19-21(17)3/h4-6,11-12,14-15,20H,7-10H2,1-3H3/t14-/m1/s1. The first-order valence-corrected chi connectivity index (χ1v) is 8.05. The van der Waals surface area contributed by atoms with Gasteiger partial charge in [-0.1, -0.05) is 12.1 Å². The van der Waals surface area contributed by atoms with Gasteiger partial charge < -0.3 is 10.2 Å². The molecule has 1 aromatic heterocycles. The van der Waals surface area contributed by atoms with E-state index in [1.807, 2.05) is 11.7 Å². The Labute approximate surface area is 132 Å².